The topological polar surface area (TPSA) is 17.1 Å². The molecule has 1 aliphatic carbocycles. The lowest BCUT2D eigenvalue weighted by Gasteiger charge is -2.41. The van der Waals surface area contributed by atoms with Crippen molar-refractivity contribution < 1.29 is 9.18 Å². The second kappa shape index (κ2) is 5.02. The standard InChI is InChI=1S/C17H14ClFO/c18-13-7-8-14(15(19)11-13)16(20)17(9-4-10-17)12-5-2-1-3-6-12/h1-3,5-8,11H,4,9-10H2. The third-order valence-electron chi connectivity index (χ3n) is 4.14. The monoisotopic (exact) mass is 288 g/mol. The summed E-state index contributed by atoms with van der Waals surface area (Å²) in [6.07, 6.45) is 2.55. The third-order valence-corrected chi connectivity index (χ3v) is 4.38. The zero-order valence-electron chi connectivity index (χ0n) is 10.9. The molecule has 0 N–H and O–H groups in total. The molecule has 0 aliphatic heterocycles. The summed E-state index contributed by atoms with van der Waals surface area (Å²) in [5.41, 5.74) is 0.555. The molecule has 0 aromatic heterocycles. The first-order chi connectivity index (χ1) is 9.63. The highest BCUT2D eigenvalue weighted by Gasteiger charge is 2.46. The maximum absolute atomic E-state index is 14.0. The Kier molecular flexibility index (Phi) is 3.35. The molecule has 0 radical (unpaired) electrons. The minimum Gasteiger partial charge on any atom is -0.293 e. The lowest BCUT2D eigenvalue weighted by Crippen LogP contribution is -2.42. The van der Waals surface area contributed by atoms with Gasteiger partial charge in [-0.3, -0.25) is 4.79 Å². The number of Topliss-reactive ketones (excluding diaryl/α,β-unsaturated/α-hetero) is 1. The van der Waals surface area contributed by atoms with Crippen LogP contribution in [0, 0.1) is 5.82 Å². The zero-order valence-corrected chi connectivity index (χ0v) is 11.7. The largest absolute Gasteiger partial charge is 0.293 e. The minimum absolute atomic E-state index is 0.135. The molecule has 0 amide bonds. The van der Waals surface area contributed by atoms with Gasteiger partial charge in [0.25, 0.3) is 0 Å². The fraction of sp³-hybridized carbons (Fsp3) is 0.235. The Morgan fingerprint density at radius 3 is 2.35 bits per heavy atom. The number of ketones is 1. The average Bonchev–Trinajstić information content (AvgIpc) is 2.38. The number of hydrogen-bond acceptors (Lipinski definition) is 1. The van der Waals surface area contributed by atoms with Crippen LogP contribution in [0.3, 0.4) is 0 Å². The van der Waals surface area contributed by atoms with Gasteiger partial charge in [0.1, 0.15) is 5.82 Å². The second-order valence-corrected chi connectivity index (χ2v) is 5.69. The van der Waals surface area contributed by atoms with Gasteiger partial charge in [-0.2, -0.15) is 0 Å². The molecule has 0 unspecified atom stereocenters. The van der Waals surface area contributed by atoms with Gasteiger partial charge in [-0.15, -0.1) is 0 Å². The molecule has 2 aromatic carbocycles. The number of halogens is 2. The van der Waals surface area contributed by atoms with E-state index in [4.69, 9.17) is 11.6 Å². The summed E-state index contributed by atoms with van der Waals surface area (Å²) >= 11 is 5.75. The molecule has 1 aliphatic rings. The van der Waals surface area contributed by atoms with Crippen molar-refractivity contribution in [2.24, 2.45) is 0 Å². The van der Waals surface area contributed by atoms with Gasteiger partial charge < -0.3 is 0 Å². The summed E-state index contributed by atoms with van der Waals surface area (Å²) in [6.45, 7) is 0. The van der Waals surface area contributed by atoms with E-state index in [-0.39, 0.29) is 11.3 Å². The van der Waals surface area contributed by atoms with Crippen LogP contribution < -0.4 is 0 Å². The molecular weight excluding hydrogens is 275 g/mol. The van der Waals surface area contributed by atoms with Crippen LogP contribution >= 0.6 is 11.6 Å². The first-order valence-electron chi connectivity index (χ1n) is 6.69. The smallest absolute Gasteiger partial charge is 0.176 e. The Morgan fingerprint density at radius 1 is 1.10 bits per heavy atom. The highest BCUT2D eigenvalue weighted by Crippen LogP contribution is 2.46. The molecule has 102 valence electrons. The molecule has 0 spiro atoms. The molecule has 0 heterocycles. The van der Waals surface area contributed by atoms with E-state index >= 15 is 0 Å². The molecule has 0 saturated heterocycles. The Labute approximate surface area is 122 Å². The van der Waals surface area contributed by atoms with Crippen molar-refractivity contribution in [3.63, 3.8) is 0 Å². The van der Waals surface area contributed by atoms with Crippen LogP contribution in [0.15, 0.2) is 48.5 Å². The lowest BCUT2D eigenvalue weighted by molar-refractivity contribution is 0.0784. The van der Waals surface area contributed by atoms with Gasteiger partial charge in [-0.1, -0.05) is 48.4 Å². The SMILES string of the molecule is O=C(c1ccc(Cl)cc1F)C1(c2ccccc2)CCC1. The predicted molar refractivity (Wildman–Crippen MR) is 77.7 cm³/mol. The van der Waals surface area contributed by atoms with Crippen molar-refractivity contribution in [3.05, 3.63) is 70.5 Å². The van der Waals surface area contributed by atoms with E-state index in [9.17, 15) is 9.18 Å². The molecule has 2 aromatic rings. The van der Waals surface area contributed by atoms with Gasteiger partial charge in [-0.25, -0.2) is 4.39 Å². The maximum Gasteiger partial charge on any atom is 0.176 e. The average molecular weight is 289 g/mol. The van der Waals surface area contributed by atoms with Crippen LogP contribution in [0.25, 0.3) is 0 Å². The summed E-state index contributed by atoms with van der Waals surface area (Å²) in [7, 11) is 0. The summed E-state index contributed by atoms with van der Waals surface area (Å²) in [5, 5.41) is 0.307. The van der Waals surface area contributed by atoms with Crippen LogP contribution in [0.5, 0.6) is 0 Å². The van der Waals surface area contributed by atoms with Crippen molar-refractivity contribution in [1.82, 2.24) is 0 Å². The van der Waals surface area contributed by atoms with E-state index in [2.05, 4.69) is 0 Å². The van der Waals surface area contributed by atoms with Gasteiger partial charge in [0, 0.05) is 5.02 Å². The summed E-state index contributed by atoms with van der Waals surface area (Å²) in [4.78, 5) is 12.8. The first-order valence-corrected chi connectivity index (χ1v) is 7.07. The van der Waals surface area contributed by atoms with Crippen molar-refractivity contribution in [3.8, 4) is 0 Å². The first kappa shape index (κ1) is 13.3. The van der Waals surface area contributed by atoms with Crippen LogP contribution in [0.1, 0.15) is 35.2 Å². The maximum atomic E-state index is 14.0. The number of carbonyl (C=O) groups is 1. The van der Waals surface area contributed by atoms with Crippen molar-refractivity contribution in [2.75, 3.05) is 0 Å². The normalized spacial score (nSPS) is 16.5. The molecule has 1 fully saturated rings. The van der Waals surface area contributed by atoms with E-state index in [1.807, 2.05) is 30.3 Å². The molecular formula is C17H14ClFO. The Bertz CT molecular complexity index is 647. The minimum atomic E-state index is -0.560. The van der Waals surface area contributed by atoms with E-state index in [0.29, 0.717) is 5.02 Å². The van der Waals surface area contributed by atoms with E-state index in [1.165, 1.54) is 12.1 Å². The lowest BCUT2D eigenvalue weighted by atomic mass is 9.60. The van der Waals surface area contributed by atoms with Gasteiger partial charge in [0.05, 0.1) is 11.0 Å². The highest BCUT2D eigenvalue weighted by atomic mass is 35.5. The summed E-state index contributed by atoms with van der Waals surface area (Å²) < 4.78 is 14.0. The fourth-order valence-electron chi connectivity index (χ4n) is 2.87. The number of carbonyl (C=O) groups excluding carboxylic acids is 1. The Balaban J connectivity index is 2.04. The molecule has 1 saturated carbocycles. The summed E-state index contributed by atoms with van der Waals surface area (Å²) in [5.74, 6) is -0.672. The van der Waals surface area contributed by atoms with Gasteiger partial charge in [-0.05, 0) is 36.6 Å². The van der Waals surface area contributed by atoms with Crippen LogP contribution in [0.2, 0.25) is 5.02 Å². The zero-order chi connectivity index (χ0) is 14.2. The number of rotatable bonds is 3. The van der Waals surface area contributed by atoms with Crippen molar-refractivity contribution >= 4 is 17.4 Å². The quantitative estimate of drug-likeness (QED) is 0.743. The fourth-order valence-corrected chi connectivity index (χ4v) is 3.02. The molecule has 3 rings (SSSR count). The van der Waals surface area contributed by atoms with Gasteiger partial charge in [0.2, 0.25) is 0 Å². The predicted octanol–water partition coefficient (Wildman–Crippen LogP) is 4.78. The van der Waals surface area contributed by atoms with Crippen molar-refractivity contribution in [1.29, 1.82) is 0 Å². The van der Waals surface area contributed by atoms with Crippen molar-refractivity contribution in [2.45, 2.75) is 24.7 Å². The molecule has 0 bridgehead atoms. The van der Waals surface area contributed by atoms with E-state index in [1.54, 1.807) is 6.07 Å². The third kappa shape index (κ3) is 2.04. The molecule has 0 atom stereocenters. The highest BCUT2D eigenvalue weighted by molar-refractivity contribution is 6.30. The Hall–Kier alpha value is -1.67. The second-order valence-electron chi connectivity index (χ2n) is 5.25. The molecule has 1 nitrogen and oxygen atoms in total. The molecule has 20 heavy (non-hydrogen) atoms. The number of hydrogen-bond donors (Lipinski definition) is 0. The van der Waals surface area contributed by atoms with Crippen LogP contribution in [0.4, 0.5) is 4.39 Å². The number of benzene rings is 2. The van der Waals surface area contributed by atoms with Crippen LogP contribution in [-0.2, 0) is 5.41 Å². The Morgan fingerprint density at radius 2 is 1.80 bits per heavy atom. The van der Waals surface area contributed by atoms with E-state index in [0.717, 1.165) is 24.8 Å². The van der Waals surface area contributed by atoms with E-state index < -0.39 is 11.2 Å². The van der Waals surface area contributed by atoms with Crippen LogP contribution in [-0.4, -0.2) is 5.78 Å². The molecule has 3 heteroatoms. The van der Waals surface area contributed by atoms with Gasteiger partial charge in [0.15, 0.2) is 5.78 Å². The summed E-state index contributed by atoms with van der Waals surface area (Å²) in [6, 6.07) is 13.9. The van der Waals surface area contributed by atoms with Gasteiger partial charge >= 0.3 is 0 Å².